The lowest BCUT2D eigenvalue weighted by Gasteiger charge is -2.07. The van der Waals surface area contributed by atoms with Crippen molar-refractivity contribution in [1.82, 2.24) is 10.1 Å². The van der Waals surface area contributed by atoms with Crippen molar-refractivity contribution in [3.05, 3.63) is 41.5 Å². The molecule has 1 N–H and O–H groups in total. The van der Waals surface area contributed by atoms with Crippen molar-refractivity contribution in [3.8, 4) is 0 Å². The summed E-state index contributed by atoms with van der Waals surface area (Å²) in [4.78, 5) is 20.8. The standard InChI is InChI=1S/C18H24N4O3/c1-5-6-7-17-20-18(25-22-17)13(3)24-21-12(2)15-8-10-16(11-9-15)19-14(4)23/h8-11,13H,5-7H2,1-4H3,(H,19,23)/t13-/m1/s1. The van der Waals surface area contributed by atoms with Crippen LogP contribution in [0.2, 0.25) is 0 Å². The molecule has 0 aliphatic heterocycles. The summed E-state index contributed by atoms with van der Waals surface area (Å²) in [5.41, 5.74) is 2.35. The van der Waals surface area contributed by atoms with Gasteiger partial charge < -0.3 is 14.7 Å². The number of rotatable bonds is 8. The van der Waals surface area contributed by atoms with Crippen molar-refractivity contribution in [2.75, 3.05) is 5.32 Å². The lowest BCUT2D eigenvalue weighted by atomic mass is 10.1. The number of amides is 1. The van der Waals surface area contributed by atoms with Gasteiger partial charge in [-0.3, -0.25) is 4.79 Å². The molecule has 1 heterocycles. The molecule has 0 aliphatic rings. The Hall–Kier alpha value is -2.70. The number of aryl methyl sites for hydroxylation is 1. The first-order chi connectivity index (χ1) is 12.0. The topological polar surface area (TPSA) is 89.6 Å². The van der Waals surface area contributed by atoms with Crippen molar-refractivity contribution in [2.45, 2.75) is 53.1 Å². The van der Waals surface area contributed by atoms with Crippen molar-refractivity contribution in [2.24, 2.45) is 5.16 Å². The molecule has 2 rings (SSSR count). The van der Waals surface area contributed by atoms with E-state index in [0.717, 1.165) is 30.5 Å². The number of benzene rings is 1. The number of carbonyl (C=O) groups excluding carboxylic acids is 1. The summed E-state index contributed by atoms with van der Waals surface area (Å²) in [6.45, 7) is 7.25. The van der Waals surface area contributed by atoms with Crippen molar-refractivity contribution < 1.29 is 14.2 Å². The Kier molecular flexibility index (Phi) is 6.68. The molecule has 0 radical (unpaired) electrons. The van der Waals surface area contributed by atoms with Crippen LogP contribution < -0.4 is 5.32 Å². The minimum Gasteiger partial charge on any atom is -0.382 e. The Balaban J connectivity index is 1.95. The molecule has 134 valence electrons. The number of oxime groups is 1. The van der Waals surface area contributed by atoms with E-state index in [2.05, 4.69) is 27.5 Å². The van der Waals surface area contributed by atoms with Gasteiger partial charge >= 0.3 is 0 Å². The Morgan fingerprint density at radius 3 is 2.68 bits per heavy atom. The monoisotopic (exact) mass is 344 g/mol. The highest BCUT2D eigenvalue weighted by Gasteiger charge is 2.15. The molecule has 25 heavy (non-hydrogen) atoms. The molecule has 1 atom stereocenters. The van der Waals surface area contributed by atoms with Gasteiger partial charge in [0.15, 0.2) is 5.82 Å². The third-order valence-electron chi connectivity index (χ3n) is 3.56. The van der Waals surface area contributed by atoms with Gasteiger partial charge in [-0.15, -0.1) is 0 Å². The van der Waals surface area contributed by atoms with Gasteiger partial charge in [0.05, 0.1) is 5.71 Å². The predicted octanol–water partition coefficient (Wildman–Crippen LogP) is 3.87. The summed E-state index contributed by atoms with van der Waals surface area (Å²) in [5, 5.41) is 10.8. The van der Waals surface area contributed by atoms with Gasteiger partial charge in [0.25, 0.3) is 5.89 Å². The lowest BCUT2D eigenvalue weighted by Crippen LogP contribution is -2.06. The molecule has 1 aromatic carbocycles. The Morgan fingerprint density at radius 1 is 1.32 bits per heavy atom. The fourth-order valence-electron chi connectivity index (χ4n) is 2.12. The molecule has 1 amide bonds. The zero-order chi connectivity index (χ0) is 18.2. The van der Waals surface area contributed by atoms with E-state index < -0.39 is 6.10 Å². The molecule has 0 bridgehead atoms. The second-order valence-electron chi connectivity index (χ2n) is 5.84. The first kappa shape index (κ1) is 18.6. The maximum atomic E-state index is 11.0. The van der Waals surface area contributed by atoms with Crippen molar-refractivity contribution in [1.29, 1.82) is 0 Å². The van der Waals surface area contributed by atoms with Crippen LogP contribution in [0, 0.1) is 0 Å². The minimum atomic E-state index is -0.420. The Bertz CT molecular complexity index is 722. The van der Waals surface area contributed by atoms with Gasteiger partial charge in [-0.1, -0.05) is 35.8 Å². The predicted molar refractivity (Wildman–Crippen MR) is 95.4 cm³/mol. The van der Waals surface area contributed by atoms with Gasteiger partial charge in [-0.25, -0.2) is 0 Å². The van der Waals surface area contributed by atoms with Crippen molar-refractivity contribution in [3.63, 3.8) is 0 Å². The molecule has 0 unspecified atom stereocenters. The lowest BCUT2D eigenvalue weighted by molar-refractivity contribution is -0.114. The molecule has 1 aromatic heterocycles. The van der Waals surface area contributed by atoms with Gasteiger partial charge in [0.2, 0.25) is 12.0 Å². The number of anilines is 1. The average Bonchev–Trinajstić information content (AvgIpc) is 3.06. The maximum Gasteiger partial charge on any atom is 0.270 e. The Labute approximate surface area is 147 Å². The molecule has 0 saturated heterocycles. The van der Waals surface area contributed by atoms with E-state index in [-0.39, 0.29) is 5.91 Å². The molecule has 7 nitrogen and oxygen atoms in total. The van der Waals surface area contributed by atoms with Crippen LogP contribution in [0.15, 0.2) is 33.9 Å². The van der Waals surface area contributed by atoms with Crippen LogP contribution in [-0.4, -0.2) is 21.8 Å². The van der Waals surface area contributed by atoms with E-state index in [1.54, 1.807) is 0 Å². The van der Waals surface area contributed by atoms with Gasteiger partial charge in [0.1, 0.15) is 0 Å². The molecule has 7 heteroatoms. The quantitative estimate of drug-likeness (QED) is 0.580. The average molecular weight is 344 g/mol. The van der Waals surface area contributed by atoms with Gasteiger partial charge in [-0.05, 0) is 38.0 Å². The molecule has 2 aromatic rings. The molecule has 0 fully saturated rings. The second-order valence-corrected chi connectivity index (χ2v) is 5.84. The van der Waals surface area contributed by atoms with Gasteiger partial charge in [-0.2, -0.15) is 4.98 Å². The number of carbonyl (C=O) groups is 1. The van der Waals surface area contributed by atoms with Gasteiger partial charge in [0, 0.05) is 19.0 Å². The summed E-state index contributed by atoms with van der Waals surface area (Å²) in [5.74, 6) is 1.01. The van der Waals surface area contributed by atoms with E-state index in [1.165, 1.54) is 6.92 Å². The maximum absolute atomic E-state index is 11.0. The number of unbranched alkanes of at least 4 members (excludes halogenated alkanes) is 1. The van der Waals surface area contributed by atoms with E-state index in [0.29, 0.717) is 17.4 Å². The summed E-state index contributed by atoms with van der Waals surface area (Å²) < 4.78 is 5.22. The van der Waals surface area contributed by atoms with Crippen LogP contribution in [0.5, 0.6) is 0 Å². The largest absolute Gasteiger partial charge is 0.382 e. The number of hydrogen-bond acceptors (Lipinski definition) is 6. The highest BCUT2D eigenvalue weighted by molar-refractivity contribution is 5.99. The molecular weight excluding hydrogens is 320 g/mol. The van der Waals surface area contributed by atoms with Crippen LogP contribution in [0.1, 0.15) is 63.9 Å². The van der Waals surface area contributed by atoms with E-state index in [4.69, 9.17) is 9.36 Å². The Morgan fingerprint density at radius 2 is 2.04 bits per heavy atom. The zero-order valence-corrected chi connectivity index (χ0v) is 15.1. The highest BCUT2D eigenvalue weighted by Crippen LogP contribution is 2.17. The number of aromatic nitrogens is 2. The summed E-state index contributed by atoms with van der Waals surface area (Å²) >= 11 is 0. The molecule has 0 saturated carbocycles. The summed E-state index contributed by atoms with van der Waals surface area (Å²) in [6.07, 6.45) is 2.49. The third kappa shape index (κ3) is 5.70. The fraction of sp³-hybridized carbons (Fsp3) is 0.444. The van der Waals surface area contributed by atoms with Crippen LogP contribution in [0.3, 0.4) is 0 Å². The fourth-order valence-corrected chi connectivity index (χ4v) is 2.12. The number of hydrogen-bond donors (Lipinski definition) is 1. The van der Waals surface area contributed by atoms with E-state index in [1.807, 2.05) is 38.1 Å². The third-order valence-corrected chi connectivity index (χ3v) is 3.56. The number of nitrogens with zero attached hydrogens (tertiary/aromatic N) is 3. The van der Waals surface area contributed by atoms with Crippen LogP contribution >= 0.6 is 0 Å². The van der Waals surface area contributed by atoms with Crippen LogP contribution in [0.25, 0.3) is 0 Å². The summed E-state index contributed by atoms with van der Waals surface area (Å²) in [7, 11) is 0. The smallest absolute Gasteiger partial charge is 0.270 e. The van der Waals surface area contributed by atoms with Crippen LogP contribution in [-0.2, 0) is 16.1 Å². The normalized spacial score (nSPS) is 12.7. The molecule has 0 aliphatic carbocycles. The van der Waals surface area contributed by atoms with Crippen molar-refractivity contribution >= 4 is 17.3 Å². The zero-order valence-electron chi connectivity index (χ0n) is 15.1. The molecule has 0 spiro atoms. The summed E-state index contributed by atoms with van der Waals surface area (Å²) in [6, 6.07) is 7.37. The molecular formula is C18H24N4O3. The highest BCUT2D eigenvalue weighted by atomic mass is 16.6. The number of nitrogens with one attached hydrogen (secondary N) is 1. The second kappa shape index (κ2) is 8.96. The van der Waals surface area contributed by atoms with Crippen LogP contribution in [0.4, 0.5) is 5.69 Å². The van der Waals surface area contributed by atoms with E-state index in [9.17, 15) is 4.79 Å². The first-order valence-electron chi connectivity index (χ1n) is 8.40. The first-order valence-corrected chi connectivity index (χ1v) is 8.40. The minimum absolute atomic E-state index is 0.104. The van der Waals surface area contributed by atoms with E-state index >= 15 is 0 Å². The SMILES string of the molecule is CCCCc1noc([C@@H](C)ON=C(C)c2ccc(NC(C)=O)cc2)n1.